The van der Waals surface area contributed by atoms with Crippen molar-refractivity contribution in [2.24, 2.45) is 10.8 Å². The van der Waals surface area contributed by atoms with Gasteiger partial charge >= 0.3 is 0 Å². The first kappa shape index (κ1) is 17.3. The predicted octanol–water partition coefficient (Wildman–Crippen LogP) is 4.45. The van der Waals surface area contributed by atoms with Gasteiger partial charge in [-0.1, -0.05) is 34.6 Å². The van der Waals surface area contributed by atoms with E-state index < -0.39 is 0 Å². The molecule has 0 spiro atoms. The summed E-state index contributed by atoms with van der Waals surface area (Å²) in [5.41, 5.74) is 1.07. The van der Waals surface area contributed by atoms with Crippen molar-refractivity contribution in [1.82, 2.24) is 10.2 Å². The van der Waals surface area contributed by atoms with Gasteiger partial charge < -0.3 is 5.32 Å². The van der Waals surface area contributed by atoms with Crippen LogP contribution < -0.4 is 5.32 Å². The van der Waals surface area contributed by atoms with Gasteiger partial charge in [-0.15, -0.1) is 0 Å². The lowest BCUT2D eigenvalue weighted by molar-refractivity contribution is 0.0651. The molecule has 0 amide bonds. The Morgan fingerprint density at radius 3 is 2.48 bits per heavy atom. The Morgan fingerprint density at radius 2 is 1.76 bits per heavy atom. The number of likely N-dealkylation sites (tertiary alicyclic amines) is 1. The van der Waals surface area contributed by atoms with Gasteiger partial charge in [0.05, 0.1) is 0 Å². The summed E-state index contributed by atoms with van der Waals surface area (Å²) in [4.78, 5) is 2.84. The number of nitrogens with zero attached hydrogens (tertiary/aromatic N) is 1. The van der Waals surface area contributed by atoms with Gasteiger partial charge in [-0.25, -0.2) is 0 Å². The van der Waals surface area contributed by atoms with Crippen LogP contribution in [-0.2, 0) is 0 Å². The van der Waals surface area contributed by atoms with Crippen LogP contribution in [0.15, 0.2) is 0 Å². The maximum atomic E-state index is 3.86. The molecule has 0 aromatic heterocycles. The van der Waals surface area contributed by atoms with Crippen molar-refractivity contribution in [1.29, 1.82) is 0 Å². The molecule has 0 aromatic rings. The second-order valence-electron chi connectivity index (χ2n) is 9.09. The Labute approximate surface area is 133 Å². The van der Waals surface area contributed by atoms with E-state index in [4.69, 9.17) is 0 Å². The van der Waals surface area contributed by atoms with Crippen molar-refractivity contribution in [2.45, 2.75) is 91.6 Å². The van der Waals surface area contributed by atoms with Crippen molar-refractivity contribution in [3.63, 3.8) is 0 Å². The molecule has 1 N–H and O–H groups in total. The molecule has 0 aromatic carbocycles. The summed E-state index contributed by atoms with van der Waals surface area (Å²) >= 11 is 0. The van der Waals surface area contributed by atoms with Gasteiger partial charge in [0.15, 0.2) is 0 Å². The first-order valence-corrected chi connectivity index (χ1v) is 9.30. The third-order valence-electron chi connectivity index (χ3n) is 5.86. The third-order valence-corrected chi connectivity index (χ3v) is 5.86. The molecule has 2 unspecified atom stereocenters. The van der Waals surface area contributed by atoms with Gasteiger partial charge in [-0.2, -0.15) is 0 Å². The van der Waals surface area contributed by atoms with Gasteiger partial charge in [0, 0.05) is 12.1 Å². The first-order chi connectivity index (χ1) is 9.83. The first-order valence-electron chi connectivity index (χ1n) is 9.30. The van der Waals surface area contributed by atoms with Crippen molar-refractivity contribution in [3.8, 4) is 0 Å². The lowest BCUT2D eigenvalue weighted by Gasteiger charge is -2.46. The summed E-state index contributed by atoms with van der Waals surface area (Å²) in [5.74, 6) is 0. The smallest absolute Gasteiger partial charge is 0.0254 e. The summed E-state index contributed by atoms with van der Waals surface area (Å²) in [6.07, 6.45) is 9.50. The third kappa shape index (κ3) is 4.96. The van der Waals surface area contributed by atoms with Crippen LogP contribution in [0.25, 0.3) is 0 Å². The molecule has 1 heterocycles. The van der Waals surface area contributed by atoms with E-state index in [9.17, 15) is 0 Å². The van der Waals surface area contributed by atoms with Crippen LogP contribution in [0.4, 0.5) is 0 Å². The fourth-order valence-corrected chi connectivity index (χ4v) is 4.28. The Kier molecular flexibility index (Phi) is 5.76. The molecule has 2 rings (SSSR count). The van der Waals surface area contributed by atoms with Crippen LogP contribution in [0.2, 0.25) is 0 Å². The van der Waals surface area contributed by atoms with E-state index >= 15 is 0 Å². The van der Waals surface area contributed by atoms with E-state index in [2.05, 4.69) is 44.8 Å². The van der Waals surface area contributed by atoms with E-state index in [1.807, 2.05) is 0 Å². The number of hydrogen-bond acceptors (Lipinski definition) is 2. The Bertz CT molecular complexity index is 322. The molecule has 0 bridgehead atoms. The van der Waals surface area contributed by atoms with Crippen molar-refractivity contribution in [2.75, 3.05) is 19.6 Å². The maximum Gasteiger partial charge on any atom is 0.0254 e. The molecule has 1 aliphatic heterocycles. The van der Waals surface area contributed by atoms with Crippen molar-refractivity contribution in [3.05, 3.63) is 0 Å². The number of rotatable bonds is 4. The molecule has 1 saturated heterocycles. The minimum atomic E-state index is 0.525. The summed E-state index contributed by atoms with van der Waals surface area (Å²) < 4.78 is 0. The zero-order chi connectivity index (χ0) is 15.5. The SMILES string of the molecule is CCCNC1CCC(C)(C)CC1N1CCCC(C)(C)CC1. The van der Waals surface area contributed by atoms with Gasteiger partial charge in [-0.05, 0) is 75.4 Å². The van der Waals surface area contributed by atoms with E-state index in [-0.39, 0.29) is 0 Å². The molecular weight excluding hydrogens is 256 g/mol. The van der Waals surface area contributed by atoms with E-state index in [1.165, 1.54) is 64.6 Å². The van der Waals surface area contributed by atoms with Crippen LogP contribution in [0, 0.1) is 10.8 Å². The average Bonchev–Trinajstić information content (AvgIpc) is 2.58. The van der Waals surface area contributed by atoms with E-state index in [0.29, 0.717) is 10.8 Å². The summed E-state index contributed by atoms with van der Waals surface area (Å²) in [6, 6.07) is 1.48. The van der Waals surface area contributed by atoms with Crippen LogP contribution in [-0.4, -0.2) is 36.6 Å². The van der Waals surface area contributed by atoms with Crippen LogP contribution in [0.5, 0.6) is 0 Å². The highest BCUT2D eigenvalue weighted by molar-refractivity contribution is 4.95. The van der Waals surface area contributed by atoms with E-state index in [1.54, 1.807) is 0 Å². The van der Waals surface area contributed by atoms with Gasteiger partial charge in [0.25, 0.3) is 0 Å². The van der Waals surface area contributed by atoms with Gasteiger partial charge in [-0.3, -0.25) is 4.90 Å². The highest BCUT2D eigenvalue weighted by Crippen LogP contribution is 2.39. The molecule has 124 valence electrons. The number of hydrogen-bond donors (Lipinski definition) is 1. The topological polar surface area (TPSA) is 15.3 Å². The molecule has 0 radical (unpaired) electrons. The standard InChI is InChI=1S/C19H38N2/c1-6-12-20-16-8-10-19(4,5)15-17(16)21-13-7-9-18(2,3)11-14-21/h16-17,20H,6-15H2,1-5H3. The van der Waals surface area contributed by atoms with Gasteiger partial charge in [0.2, 0.25) is 0 Å². The monoisotopic (exact) mass is 294 g/mol. The number of nitrogens with one attached hydrogen (secondary N) is 1. The molecule has 2 fully saturated rings. The summed E-state index contributed by atoms with van der Waals surface area (Å²) in [5, 5.41) is 3.86. The quantitative estimate of drug-likeness (QED) is 0.824. The second-order valence-corrected chi connectivity index (χ2v) is 9.09. The Morgan fingerprint density at radius 1 is 1.00 bits per heavy atom. The van der Waals surface area contributed by atoms with Crippen molar-refractivity contribution < 1.29 is 0 Å². The summed E-state index contributed by atoms with van der Waals surface area (Å²) in [7, 11) is 0. The highest BCUT2D eigenvalue weighted by Gasteiger charge is 2.38. The van der Waals surface area contributed by atoms with Crippen LogP contribution in [0.1, 0.15) is 79.6 Å². The summed E-state index contributed by atoms with van der Waals surface area (Å²) in [6.45, 7) is 15.9. The van der Waals surface area contributed by atoms with Crippen LogP contribution in [0.3, 0.4) is 0 Å². The van der Waals surface area contributed by atoms with Crippen LogP contribution >= 0.6 is 0 Å². The molecule has 2 aliphatic rings. The molecule has 1 aliphatic carbocycles. The fourth-order valence-electron chi connectivity index (χ4n) is 4.28. The lowest BCUT2D eigenvalue weighted by atomic mass is 9.72. The fraction of sp³-hybridized carbons (Fsp3) is 1.00. The van der Waals surface area contributed by atoms with Crippen molar-refractivity contribution >= 4 is 0 Å². The molecule has 2 nitrogen and oxygen atoms in total. The molecule has 21 heavy (non-hydrogen) atoms. The Balaban J connectivity index is 2.04. The minimum absolute atomic E-state index is 0.525. The zero-order valence-corrected chi connectivity index (χ0v) is 15.2. The lowest BCUT2D eigenvalue weighted by Crippen LogP contribution is -2.55. The largest absolute Gasteiger partial charge is 0.312 e. The molecule has 2 atom stereocenters. The molecule has 2 heteroatoms. The van der Waals surface area contributed by atoms with Gasteiger partial charge in [0.1, 0.15) is 0 Å². The molecule has 1 saturated carbocycles. The maximum absolute atomic E-state index is 3.86. The second kappa shape index (κ2) is 7.00. The predicted molar refractivity (Wildman–Crippen MR) is 92.7 cm³/mol. The normalized spacial score (nSPS) is 33.6. The average molecular weight is 295 g/mol. The van der Waals surface area contributed by atoms with E-state index in [0.717, 1.165) is 12.1 Å². The highest BCUT2D eigenvalue weighted by atomic mass is 15.2. The molecular formula is C19H38N2. The minimum Gasteiger partial charge on any atom is -0.312 e. The Hall–Kier alpha value is -0.0800. The zero-order valence-electron chi connectivity index (χ0n) is 15.2.